The summed E-state index contributed by atoms with van der Waals surface area (Å²) in [6.45, 7) is 4.46. The highest BCUT2D eigenvalue weighted by atomic mass is 16.6. The van der Waals surface area contributed by atoms with Crippen LogP contribution in [0.4, 0.5) is 17.1 Å². The Bertz CT molecular complexity index is 882. The Morgan fingerprint density at radius 1 is 1.07 bits per heavy atom. The van der Waals surface area contributed by atoms with Crippen molar-refractivity contribution in [2.24, 2.45) is 0 Å². The maximum Gasteiger partial charge on any atom is 0.271 e. The van der Waals surface area contributed by atoms with Crippen LogP contribution >= 0.6 is 0 Å². The predicted octanol–water partition coefficient (Wildman–Crippen LogP) is 3.11. The molecule has 2 aromatic rings. The van der Waals surface area contributed by atoms with Gasteiger partial charge in [0, 0.05) is 36.5 Å². The van der Waals surface area contributed by atoms with Crippen molar-refractivity contribution in [2.45, 2.75) is 20.3 Å². The number of anilines is 2. The van der Waals surface area contributed by atoms with Crippen LogP contribution in [-0.4, -0.2) is 41.8 Å². The molecule has 0 unspecified atom stereocenters. The van der Waals surface area contributed by atoms with Gasteiger partial charge in [-0.1, -0.05) is 18.2 Å². The van der Waals surface area contributed by atoms with Gasteiger partial charge in [0.2, 0.25) is 11.8 Å². The number of carbonyl (C=O) groups is 2. The SMILES string of the molecule is Cc1cccc(NC(=O)CN(C)CCC(=O)Nc2cccc([N+](=O)[O-])c2)c1C. The lowest BCUT2D eigenvalue weighted by molar-refractivity contribution is -0.384. The number of rotatable bonds is 8. The van der Waals surface area contributed by atoms with E-state index in [1.165, 1.54) is 18.2 Å². The lowest BCUT2D eigenvalue weighted by Gasteiger charge is -2.17. The summed E-state index contributed by atoms with van der Waals surface area (Å²) >= 11 is 0. The lowest BCUT2D eigenvalue weighted by atomic mass is 10.1. The average Bonchev–Trinajstić information content (AvgIpc) is 2.64. The van der Waals surface area contributed by atoms with Crippen molar-refractivity contribution < 1.29 is 14.5 Å². The third kappa shape index (κ3) is 6.17. The van der Waals surface area contributed by atoms with Crippen LogP contribution < -0.4 is 10.6 Å². The van der Waals surface area contributed by atoms with Gasteiger partial charge < -0.3 is 10.6 Å². The summed E-state index contributed by atoms with van der Waals surface area (Å²) in [6, 6.07) is 11.5. The molecular formula is C20H24N4O4. The number of nitro groups is 1. The molecule has 0 spiro atoms. The first-order valence-corrected chi connectivity index (χ1v) is 8.85. The second-order valence-electron chi connectivity index (χ2n) is 6.64. The van der Waals surface area contributed by atoms with Gasteiger partial charge in [0.25, 0.3) is 5.69 Å². The molecule has 0 aliphatic rings. The fraction of sp³-hybridized carbons (Fsp3) is 0.300. The third-order valence-corrected chi connectivity index (χ3v) is 4.35. The number of nitrogens with one attached hydrogen (secondary N) is 2. The van der Waals surface area contributed by atoms with Crippen molar-refractivity contribution in [3.63, 3.8) is 0 Å². The van der Waals surface area contributed by atoms with Crippen LogP contribution in [0, 0.1) is 24.0 Å². The zero-order chi connectivity index (χ0) is 20.7. The normalized spacial score (nSPS) is 10.6. The van der Waals surface area contributed by atoms with Crippen LogP contribution in [0.1, 0.15) is 17.5 Å². The van der Waals surface area contributed by atoms with Gasteiger partial charge in [0.1, 0.15) is 0 Å². The summed E-state index contributed by atoms with van der Waals surface area (Å²) in [5.41, 5.74) is 3.19. The monoisotopic (exact) mass is 384 g/mol. The molecule has 0 aliphatic heterocycles. The van der Waals surface area contributed by atoms with Crippen molar-refractivity contribution >= 4 is 28.9 Å². The summed E-state index contributed by atoms with van der Waals surface area (Å²) < 4.78 is 0. The van der Waals surface area contributed by atoms with E-state index in [0.717, 1.165) is 16.8 Å². The topological polar surface area (TPSA) is 105 Å². The maximum absolute atomic E-state index is 12.2. The molecule has 0 aliphatic carbocycles. The van der Waals surface area contributed by atoms with Gasteiger partial charge in [-0.15, -0.1) is 0 Å². The van der Waals surface area contributed by atoms with Crippen LogP contribution in [-0.2, 0) is 9.59 Å². The zero-order valence-corrected chi connectivity index (χ0v) is 16.2. The van der Waals surface area contributed by atoms with Crippen molar-refractivity contribution in [2.75, 3.05) is 30.8 Å². The summed E-state index contributed by atoms with van der Waals surface area (Å²) in [5.74, 6) is -0.433. The molecule has 2 N–H and O–H groups in total. The van der Waals surface area contributed by atoms with E-state index in [1.54, 1.807) is 18.0 Å². The predicted molar refractivity (Wildman–Crippen MR) is 108 cm³/mol. The number of carbonyl (C=O) groups excluding carboxylic acids is 2. The van der Waals surface area contributed by atoms with E-state index >= 15 is 0 Å². The van der Waals surface area contributed by atoms with E-state index in [-0.39, 0.29) is 30.5 Å². The number of likely N-dealkylation sites (N-methyl/N-ethyl adjacent to an activating group) is 1. The molecule has 8 heteroatoms. The van der Waals surface area contributed by atoms with Crippen molar-refractivity contribution in [1.29, 1.82) is 0 Å². The highest BCUT2D eigenvalue weighted by Gasteiger charge is 2.12. The number of hydrogen-bond donors (Lipinski definition) is 2. The number of hydrogen-bond acceptors (Lipinski definition) is 5. The Morgan fingerprint density at radius 2 is 1.79 bits per heavy atom. The van der Waals surface area contributed by atoms with Crippen LogP contribution in [0.2, 0.25) is 0 Å². The number of non-ortho nitro benzene ring substituents is 1. The Kier molecular flexibility index (Phi) is 7.22. The fourth-order valence-corrected chi connectivity index (χ4v) is 2.61. The van der Waals surface area contributed by atoms with Gasteiger partial charge in [0.05, 0.1) is 11.5 Å². The molecule has 0 radical (unpaired) electrons. The Hall–Kier alpha value is -3.26. The molecule has 0 bridgehead atoms. The second-order valence-corrected chi connectivity index (χ2v) is 6.64. The summed E-state index contributed by atoms with van der Waals surface area (Å²) in [5, 5.41) is 16.3. The largest absolute Gasteiger partial charge is 0.326 e. The van der Waals surface area contributed by atoms with E-state index in [4.69, 9.17) is 0 Å². The number of nitro benzene ring substituents is 1. The smallest absolute Gasteiger partial charge is 0.271 e. The van der Waals surface area contributed by atoms with Crippen LogP contribution in [0.15, 0.2) is 42.5 Å². The van der Waals surface area contributed by atoms with Crippen LogP contribution in [0.3, 0.4) is 0 Å². The first-order valence-electron chi connectivity index (χ1n) is 8.85. The molecule has 0 saturated heterocycles. The molecule has 8 nitrogen and oxygen atoms in total. The number of amides is 2. The molecule has 2 amide bonds. The second kappa shape index (κ2) is 9.61. The van der Waals surface area contributed by atoms with Gasteiger partial charge in [-0.25, -0.2) is 0 Å². The van der Waals surface area contributed by atoms with Gasteiger partial charge in [-0.3, -0.25) is 24.6 Å². The van der Waals surface area contributed by atoms with E-state index in [1.807, 2.05) is 32.0 Å². The summed E-state index contributed by atoms with van der Waals surface area (Å²) in [6.07, 6.45) is 0.163. The van der Waals surface area contributed by atoms with Gasteiger partial charge >= 0.3 is 0 Å². The Morgan fingerprint density at radius 3 is 2.50 bits per heavy atom. The van der Waals surface area contributed by atoms with Gasteiger partial charge in [-0.05, 0) is 44.2 Å². The van der Waals surface area contributed by atoms with Crippen molar-refractivity contribution in [3.8, 4) is 0 Å². The van der Waals surface area contributed by atoms with Gasteiger partial charge in [0.15, 0.2) is 0 Å². The molecule has 148 valence electrons. The zero-order valence-electron chi connectivity index (χ0n) is 16.2. The lowest BCUT2D eigenvalue weighted by Crippen LogP contribution is -2.32. The maximum atomic E-state index is 12.2. The molecule has 0 aromatic heterocycles. The minimum Gasteiger partial charge on any atom is -0.326 e. The molecule has 2 rings (SSSR count). The first kappa shape index (κ1) is 21.0. The van der Waals surface area contributed by atoms with E-state index < -0.39 is 4.92 Å². The highest BCUT2D eigenvalue weighted by molar-refractivity contribution is 5.93. The minimum atomic E-state index is -0.516. The fourth-order valence-electron chi connectivity index (χ4n) is 2.61. The molecule has 0 saturated carbocycles. The Balaban J connectivity index is 1.80. The van der Waals surface area contributed by atoms with E-state index in [0.29, 0.717) is 12.2 Å². The average molecular weight is 384 g/mol. The molecule has 2 aromatic carbocycles. The third-order valence-electron chi connectivity index (χ3n) is 4.35. The standard InChI is InChI=1S/C20H24N4O4/c1-14-6-4-9-18(15(14)2)22-20(26)13-23(3)11-10-19(25)21-16-7-5-8-17(12-16)24(27)28/h4-9,12H,10-11,13H2,1-3H3,(H,21,25)(H,22,26). The molecule has 0 fully saturated rings. The molecule has 0 atom stereocenters. The molecule has 0 heterocycles. The van der Waals surface area contributed by atoms with E-state index in [9.17, 15) is 19.7 Å². The number of benzene rings is 2. The highest BCUT2D eigenvalue weighted by Crippen LogP contribution is 2.18. The van der Waals surface area contributed by atoms with Crippen LogP contribution in [0.25, 0.3) is 0 Å². The summed E-state index contributed by atoms with van der Waals surface area (Å²) in [4.78, 5) is 36.3. The molecular weight excluding hydrogens is 360 g/mol. The van der Waals surface area contributed by atoms with Gasteiger partial charge in [-0.2, -0.15) is 0 Å². The molecule has 28 heavy (non-hydrogen) atoms. The minimum absolute atomic E-state index is 0.0852. The number of aryl methyl sites for hydroxylation is 1. The van der Waals surface area contributed by atoms with Crippen molar-refractivity contribution in [3.05, 3.63) is 63.7 Å². The van der Waals surface area contributed by atoms with E-state index in [2.05, 4.69) is 10.6 Å². The van der Waals surface area contributed by atoms with Crippen molar-refractivity contribution in [1.82, 2.24) is 4.90 Å². The Labute approximate surface area is 163 Å². The quantitative estimate of drug-likeness (QED) is 0.537. The summed E-state index contributed by atoms with van der Waals surface area (Å²) in [7, 11) is 1.75. The first-order chi connectivity index (χ1) is 13.3. The number of nitrogens with zero attached hydrogens (tertiary/aromatic N) is 2. The van der Waals surface area contributed by atoms with Crippen LogP contribution in [0.5, 0.6) is 0 Å².